The Hall–Kier alpha value is -1.49. The Morgan fingerprint density at radius 1 is 1.44 bits per heavy atom. The average Bonchev–Trinajstić information content (AvgIpc) is 2.33. The van der Waals surface area contributed by atoms with Crippen molar-refractivity contribution < 1.29 is 4.74 Å². The first-order chi connectivity index (χ1) is 7.72. The summed E-state index contributed by atoms with van der Waals surface area (Å²) in [5, 5.41) is 3.02. The van der Waals surface area contributed by atoms with Crippen molar-refractivity contribution >= 4 is 17.3 Å². The number of anilines is 3. The molecule has 0 atom stereocenters. The molecule has 1 aromatic heterocycles. The van der Waals surface area contributed by atoms with Crippen LogP contribution in [0.1, 0.15) is 5.56 Å². The Bertz CT molecular complexity index is 374. The number of rotatable bonds is 2. The van der Waals surface area contributed by atoms with Crippen molar-refractivity contribution in [2.75, 3.05) is 49.3 Å². The van der Waals surface area contributed by atoms with E-state index >= 15 is 0 Å². The number of aromatic nitrogens is 1. The summed E-state index contributed by atoms with van der Waals surface area (Å²) >= 11 is 0. The molecular weight excluding hydrogens is 204 g/mol. The molecule has 0 saturated carbocycles. The quantitative estimate of drug-likeness (QED) is 0.776. The first-order valence-corrected chi connectivity index (χ1v) is 5.50. The van der Waals surface area contributed by atoms with Gasteiger partial charge in [-0.05, 0) is 18.6 Å². The second kappa shape index (κ2) is 4.57. The van der Waals surface area contributed by atoms with Crippen LogP contribution in [0.15, 0.2) is 6.07 Å². The van der Waals surface area contributed by atoms with E-state index in [0.717, 1.165) is 49.2 Å². The molecule has 0 aliphatic carbocycles. The Labute approximate surface area is 95.6 Å². The zero-order chi connectivity index (χ0) is 11.5. The fourth-order valence-electron chi connectivity index (χ4n) is 1.81. The van der Waals surface area contributed by atoms with Crippen molar-refractivity contribution in [1.29, 1.82) is 0 Å². The Balaban J connectivity index is 2.29. The van der Waals surface area contributed by atoms with E-state index in [-0.39, 0.29) is 0 Å². The molecule has 2 heterocycles. The largest absolute Gasteiger partial charge is 0.396 e. The molecule has 0 amide bonds. The summed E-state index contributed by atoms with van der Waals surface area (Å²) in [6.07, 6.45) is 0. The van der Waals surface area contributed by atoms with Crippen LogP contribution in [-0.2, 0) is 4.74 Å². The lowest BCUT2D eigenvalue weighted by Crippen LogP contribution is -2.36. The van der Waals surface area contributed by atoms with Crippen molar-refractivity contribution in [3.05, 3.63) is 11.6 Å². The predicted octanol–water partition coefficient (Wildman–Crippen LogP) is 0.851. The molecule has 0 spiro atoms. The maximum atomic E-state index is 5.92. The van der Waals surface area contributed by atoms with E-state index in [1.165, 1.54) is 0 Å². The number of nitrogens with two attached hydrogens (primary N) is 1. The monoisotopic (exact) mass is 222 g/mol. The first-order valence-electron chi connectivity index (χ1n) is 5.50. The van der Waals surface area contributed by atoms with E-state index in [0.29, 0.717) is 0 Å². The summed E-state index contributed by atoms with van der Waals surface area (Å²) in [4.78, 5) is 6.73. The first kappa shape index (κ1) is 11.0. The summed E-state index contributed by atoms with van der Waals surface area (Å²) in [6, 6.07) is 2.03. The third kappa shape index (κ3) is 2.04. The highest BCUT2D eigenvalue weighted by molar-refractivity contribution is 5.69. The third-order valence-corrected chi connectivity index (χ3v) is 2.82. The highest BCUT2D eigenvalue weighted by atomic mass is 16.5. The standard InChI is InChI=1S/C11H18N4O/c1-8-7-9(14-11(13-2)10(8)12)15-3-5-16-6-4-15/h7H,3-6,12H2,1-2H3,(H,13,14). The number of ether oxygens (including phenoxy) is 1. The van der Waals surface area contributed by atoms with Crippen LogP contribution in [0.5, 0.6) is 0 Å². The van der Waals surface area contributed by atoms with Gasteiger partial charge < -0.3 is 20.7 Å². The van der Waals surface area contributed by atoms with Crippen LogP contribution in [0.4, 0.5) is 17.3 Å². The Morgan fingerprint density at radius 2 is 2.12 bits per heavy atom. The van der Waals surface area contributed by atoms with Gasteiger partial charge >= 0.3 is 0 Å². The number of morpholine rings is 1. The molecule has 0 radical (unpaired) electrons. The van der Waals surface area contributed by atoms with Gasteiger partial charge in [0.15, 0.2) is 5.82 Å². The SMILES string of the molecule is CNc1nc(N2CCOCC2)cc(C)c1N. The average molecular weight is 222 g/mol. The van der Waals surface area contributed by atoms with Gasteiger partial charge in [0.05, 0.1) is 18.9 Å². The van der Waals surface area contributed by atoms with E-state index < -0.39 is 0 Å². The van der Waals surface area contributed by atoms with Crippen molar-refractivity contribution in [2.45, 2.75) is 6.92 Å². The zero-order valence-electron chi connectivity index (χ0n) is 9.79. The van der Waals surface area contributed by atoms with Gasteiger partial charge in [-0.3, -0.25) is 0 Å². The van der Waals surface area contributed by atoms with Crippen molar-refractivity contribution in [3.63, 3.8) is 0 Å². The molecule has 2 rings (SSSR count). The van der Waals surface area contributed by atoms with E-state index in [1.807, 2.05) is 20.0 Å². The lowest BCUT2D eigenvalue weighted by molar-refractivity contribution is 0.122. The molecule has 0 aromatic carbocycles. The van der Waals surface area contributed by atoms with Crippen LogP contribution in [0.2, 0.25) is 0 Å². The van der Waals surface area contributed by atoms with Crippen LogP contribution < -0.4 is 16.0 Å². The van der Waals surface area contributed by atoms with Crippen molar-refractivity contribution in [1.82, 2.24) is 4.98 Å². The zero-order valence-corrected chi connectivity index (χ0v) is 9.79. The maximum Gasteiger partial charge on any atom is 0.151 e. The molecule has 1 aliphatic heterocycles. The normalized spacial score (nSPS) is 16.2. The van der Waals surface area contributed by atoms with Crippen LogP contribution in [0, 0.1) is 6.92 Å². The van der Waals surface area contributed by atoms with Gasteiger partial charge in [-0.1, -0.05) is 0 Å². The molecule has 0 unspecified atom stereocenters. The lowest BCUT2D eigenvalue weighted by Gasteiger charge is -2.28. The van der Waals surface area contributed by atoms with Crippen LogP contribution in [0.3, 0.4) is 0 Å². The molecule has 1 aliphatic rings. The maximum absolute atomic E-state index is 5.92. The number of hydrogen-bond acceptors (Lipinski definition) is 5. The molecule has 5 heteroatoms. The summed E-state index contributed by atoms with van der Waals surface area (Å²) in [5.74, 6) is 1.72. The van der Waals surface area contributed by atoms with Crippen LogP contribution in [0.25, 0.3) is 0 Å². The Morgan fingerprint density at radius 3 is 2.75 bits per heavy atom. The molecule has 88 valence electrons. The molecule has 0 bridgehead atoms. The Kier molecular flexibility index (Phi) is 3.14. The van der Waals surface area contributed by atoms with Gasteiger partial charge in [-0.2, -0.15) is 0 Å². The van der Waals surface area contributed by atoms with Crippen LogP contribution >= 0.6 is 0 Å². The minimum absolute atomic E-state index is 0.722. The van der Waals surface area contributed by atoms with Crippen molar-refractivity contribution in [2.24, 2.45) is 0 Å². The van der Waals surface area contributed by atoms with Gasteiger partial charge in [0.2, 0.25) is 0 Å². The van der Waals surface area contributed by atoms with Gasteiger partial charge in [0, 0.05) is 20.1 Å². The highest BCUT2D eigenvalue weighted by Gasteiger charge is 2.14. The van der Waals surface area contributed by atoms with E-state index in [2.05, 4.69) is 15.2 Å². The number of hydrogen-bond donors (Lipinski definition) is 2. The molecule has 16 heavy (non-hydrogen) atoms. The molecule has 3 N–H and O–H groups in total. The summed E-state index contributed by atoms with van der Waals surface area (Å²) in [7, 11) is 1.83. The van der Waals surface area contributed by atoms with E-state index in [9.17, 15) is 0 Å². The summed E-state index contributed by atoms with van der Waals surface area (Å²) in [5.41, 5.74) is 7.70. The number of aryl methyl sites for hydroxylation is 1. The van der Waals surface area contributed by atoms with E-state index in [4.69, 9.17) is 10.5 Å². The lowest BCUT2D eigenvalue weighted by atomic mass is 10.2. The minimum atomic E-state index is 0.722. The van der Waals surface area contributed by atoms with E-state index in [1.54, 1.807) is 0 Å². The number of nitrogen functional groups attached to an aromatic ring is 1. The van der Waals surface area contributed by atoms with Gasteiger partial charge in [-0.15, -0.1) is 0 Å². The smallest absolute Gasteiger partial charge is 0.151 e. The van der Waals surface area contributed by atoms with Crippen LogP contribution in [-0.4, -0.2) is 38.3 Å². The van der Waals surface area contributed by atoms with Gasteiger partial charge in [-0.25, -0.2) is 4.98 Å². The number of pyridine rings is 1. The number of nitrogens with one attached hydrogen (secondary N) is 1. The minimum Gasteiger partial charge on any atom is -0.396 e. The fraction of sp³-hybridized carbons (Fsp3) is 0.545. The van der Waals surface area contributed by atoms with Gasteiger partial charge in [0.25, 0.3) is 0 Å². The molecular formula is C11H18N4O. The fourth-order valence-corrected chi connectivity index (χ4v) is 1.81. The second-order valence-corrected chi connectivity index (χ2v) is 3.91. The summed E-state index contributed by atoms with van der Waals surface area (Å²) < 4.78 is 5.32. The second-order valence-electron chi connectivity index (χ2n) is 3.91. The highest BCUT2D eigenvalue weighted by Crippen LogP contribution is 2.25. The molecule has 1 aromatic rings. The third-order valence-electron chi connectivity index (χ3n) is 2.82. The summed E-state index contributed by atoms with van der Waals surface area (Å²) in [6.45, 7) is 5.31. The topological polar surface area (TPSA) is 63.4 Å². The number of nitrogens with zero attached hydrogens (tertiary/aromatic N) is 2. The predicted molar refractivity (Wildman–Crippen MR) is 66.0 cm³/mol. The molecule has 5 nitrogen and oxygen atoms in total. The molecule has 1 fully saturated rings. The molecule has 1 saturated heterocycles. The van der Waals surface area contributed by atoms with Gasteiger partial charge in [0.1, 0.15) is 5.82 Å². The van der Waals surface area contributed by atoms with Crippen molar-refractivity contribution in [3.8, 4) is 0 Å².